The monoisotopic (exact) mass is 466 g/mol. The van der Waals surface area contributed by atoms with Gasteiger partial charge in [0.2, 0.25) is 0 Å². The summed E-state index contributed by atoms with van der Waals surface area (Å²) in [6.07, 6.45) is -2.65. The zero-order valence-corrected chi connectivity index (χ0v) is 19.0. The van der Waals surface area contributed by atoms with E-state index in [0.717, 1.165) is 40.2 Å². The average Bonchev–Trinajstić information content (AvgIpc) is 3.19. The number of hydrogen-bond donors (Lipinski definition) is 2. The summed E-state index contributed by atoms with van der Waals surface area (Å²) in [5, 5.41) is 10.5. The van der Waals surface area contributed by atoms with E-state index in [-0.39, 0.29) is 5.75 Å². The topological polar surface area (TPSA) is 58.1 Å². The molecule has 1 heterocycles. The second kappa shape index (κ2) is 8.99. The predicted octanol–water partition coefficient (Wildman–Crippen LogP) is 6.96. The molecule has 7 heteroatoms. The molecule has 0 aliphatic carbocycles. The molecule has 0 radical (unpaired) electrons. The number of aromatic nitrogens is 2. The summed E-state index contributed by atoms with van der Waals surface area (Å²) in [5.74, 6) is 0.804. The van der Waals surface area contributed by atoms with Gasteiger partial charge in [0.15, 0.2) is 6.10 Å². The van der Waals surface area contributed by atoms with E-state index in [1.165, 1.54) is 12.1 Å². The van der Waals surface area contributed by atoms with E-state index < -0.39 is 17.9 Å². The Morgan fingerprint density at radius 3 is 2.35 bits per heavy atom. The molecule has 3 aromatic carbocycles. The first-order valence-electron chi connectivity index (χ1n) is 10.8. The first-order valence-corrected chi connectivity index (χ1v) is 10.8. The van der Waals surface area contributed by atoms with Gasteiger partial charge in [0, 0.05) is 0 Å². The number of aliphatic hydroxyl groups is 1. The third-order valence-corrected chi connectivity index (χ3v) is 5.48. The van der Waals surface area contributed by atoms with Crippen molar-refractivity contribution in [2.45, 2.75) is 38.7 Å². The van der Waals surface area contributed by atoms with Gasteiger partial charge < -0.3 is 14.8 Å². The molecule has 0 saturated carbocycles. The van der Waals surface area contributed by atoms with Crippen molar-refractivity contribution < 1.29 is 23.0 Å². The summed E-state index contributed by atoms with van der Waals surface area (Å²) in [6.45, 7) is 4.50. The minimum atomic E-state index is -4.41. The van der Waals surface area contributed by atoms with Gasteiger partial charge in [-0.3, -0.25) is 0 Å². The average molecular weight is 467 g/mol. The molecule has 1 unspecified atom stereocenters. The van der Waals surface area contributed by atoms with E-state index >= 15 is 0 Å². The summed E-state index contributed by atoms with van der Waals surface area (Å²) in [6, 6.07) is 20.0. The Hall–Kier alpha value is -3.58. The molecule has 0 amide bonds. The van der Waals surface area contributed by atoms with Crippen LogP contribution in [0.4, 0.5) is 13.2 Å². The molecule has 0 aliphatic heterocycles. The van der Waals surface area contributed by atoms with Crippen LogP contribution in [0, 0.1) is 0 Å². The lowest BCUT2D eigenvalue weighted by atomic mass is 9.89. The lowest BCUT2D eigenvalue weighted by Crippen LogP contribution is -2.31. The maximum Gasteiger partial charge on any atom is 0.425 e. The highest BCUT2D eigenvalue weighted by Crippen LogP contribution is 2.33. The Kier molecular flexibility index (Phi) is 6.23. The number of imidazole rings is 1. The highest BCUT2D eigenvalue weighted by atomic mass is 19.4. The maximum atomic E-state index is 12.6. The van der Waals surface area contributed by atoms with Crippen molar-refractivity contribution in [2.24, 2.45) is 0 Å². The minimum absolute atomic E-state index is 0.157. The molecule has 0 spiro atoms. The number of ether oxygens (including phenoxy) is 1. The molecule has 34 heavy (non-hydrogen) atoms. The molecule has 4 nitrogen and oxygen atoms in total. The zero-order chi connectivity index (χ0) is 24.5. The van der Waals surface area contributed by atoms with Gasteiger partial charge in [0.05, 0.1) is 16.6 Å². The molecular weight excluding hydrogens is 441 g/mol. The fraction of sp³-hybridized carbons (Fsp3) is 0.222. The van der Waals surface area contributed by atoms with E-state index in [4.69, 9.17) is 4.74 Å². The smallest absolute Gasteiger partial charge is 0.425 e. The molecule has 0 saturated heterocycles. The number of rotatable bonds is 6. The van der Waals surface area contributed by atoms with Crippen LogP contribution in [0.25, 0.3) is 34.3 Å². The van der Waals surface area contributed by atoms with Crippen LogP contribution in [0.5, 0.6) is 5.75 Å². The molecule has 1 atom stereocenters. The molecular formula is C27H25F3N2O2. The van der Waals surface area contributed by atoms with Crippen molar-refractivity contribution in [1.29, 1.82) is 0 Å². The maximum absolute atomic E-state index is 12.6. The van der Waals surface area contributed by atoms with Crippen molar-refractivity contribution >= 4 is 23.2 Å². The van der Waals surface area contributed by atoms with Crippen LogP contribution in [-0.4, -0.2) is 27.4 Å². The molecule has 4 aromatic rings. The van der Waals surface area contributed by atoms with Gasteiger partial charge >= 0.3 is 6.18 Å². The predicted molar refractivity (Wildman–Crippen MR) is 128 cm³/mol. The highest BCUT2D eigenvalue weighted by molar-refractivity contribution is 5.84. The van der Waals surface area contributed by atoms with Crippen LogP contribution >= 0.6 is 0 Å². The Morgan fingerprint density at radius 1 is 0.971 bits per heavy atom. The van der Waals surface area contributed by atoms with Crippen LogP contribution in [0.1, 0.15) is 37.7 Å². The van der Waals surface area contributed by atoms with Crippen molar-refractivity contribution in [3.8, 4) is 16.9 Å². The Balaban J connectivity index is 1.53. The van der Waals surface area contributed by atoms with Gasteiger partial charge in [-0.25, -0.2) is 4.98 Å². The van der Waals surface area contributed by atoms with E-state index in [9.17, 15) is 18.3 Å². The summed E-state index contributed by atoms with van der Waals surface area (Å²) >= 11 is 0. The van der Waals surface area contributed by atoms with Gasteiger partial charge in [0.25, 0.3) is 0 Å². The van der Waals surface area contributed by atoms with Crippen LogP contribution < -0.4 is 4.74 Å². The van der Waals surface area contributed by atoms with Crippen molar-refractivity contribution in [1.82, 2.24) is 9.97 Å². The van der Waals surface area contributed by atoms with Crippen molar-refractivity contribution in [3.05, 3.63) is 83.7 Å². The third kappa shape index (κ3) is 5.31. The Labute approximate surface area is 195 Å². The molecule has 1 aromatic heterocycles. The number of aromatic amines is 1. The number of benzene rings is 3. The summed E-state index contributed by atoms with van der Waals surface area (Å²) in [5.41, 5.74) is 4.23. The van der Waals surface area contributed by atoms with Crippen LogP contribution in [0.3, 0.4) is 0 Å². The second-order valence-electron chi connectivity index (χ2n) is 8.66. The van der Waals surface area contributed by atoms with E-state index in [0.29, 0.717) is 5.82 Å². The zero-order valence-electron chi connectivity index (χ0n) is 19.0. The fourth-order valence-corrected chi connectivity index (χ4v) is 3.65. The SMILES string of the molecule is CC(Oc1ccc(/C=C/c2nc3ccc(-c4ccccc4C(C)(C)O)cc3[nH]2)cc1)C(F)(F)F. The number of halogens is 3. The number of fused-ring (bicyclic) bond motifs is 1. The fourth-order valence-electron chi connectivity index (χ4n) is 3.65. The normalized spacial score (nSPS) is 13.5. The minimum Gasteiger partial charge on any atom is -0.481 e. The first kappa shape index (κ1) is 23.6. The lowest BCUT2D eigenvalue weighted by Gasteiger charge is -2.21. The van der Waals surface area contributed by atoms with Crippen LogP contribution in [0.2, 0.25) is 0 Å². The van der Waals surface area contributed by atoms with Crippen LogP contribution in [0.15, 0.2) is 66.7 Å². The van der Waals surface area contributed by atoms with Gasteiger partial charge in [-0.1, -0.05) is 48.5 Å². The summed E-state index contributed by atoms with van der Waals surface area (Å²) < 4.78 is 42.9. The van der Waals surface area contributed by atoms with Gasteiger partial charge in [0.1, 0.15) is 11.6 Å². The van der Waals surface area contributed by atoms with Gasteiger partial charge in [-0.05, 0) is 73.4 Å². The second-order valence-corrected chi connectivity index (χ2v) is 8.66. The molecule has 2 N–H and O–H groups in total. The van der Waals surface area contributed by atoms with Crippen LogP contribution in [-0.2, 0) is 5.60 Å². The van der Waals surface area contributed by atoms with Gasteiger partial charge in [-0.15, -0.1) is 0 Å². The first-order chi connectivity index (χ1) is 16.0. The highest BCUT2D eigenvalue weighted by Gasteiger charge is 2.38. The third-order valence-electron chi connectivity index (χ3n) is 5.48. The van der Waals surface area contributed by atoms with Crippen molar-refractivity contribution in [3.63, 3.8) is 0 Å². The number of H-pyrrole nitrogens is 1. The van der Waals surface area contributed by atoms with E-state index in [2.05, 4.69) is 9.97 Å². The van der Waals surface area contributed by atoms with Gasteiger partial charge in [-0.2, -0.15) is 13.2 Å². The quantitative estimate of drug-likeness (QED) is 0.323. The molecule has 4 rings (SSSR count). The summed E-state index contributed by atoms with van der Waals surface area (Å²) in [4.78, 5) is 7.85. The number of alkyl halides is 3. The Bertz CT molecular complexity index is 1320. The van der Waals surface area contributed by atoms with E-state index in [1.807, 2.05) is 48.5 Å². The largest absolute Gasteiger partial charge is 0.481 e. The van der Waals surface area contributed by atoms with Crippen molar-refractivity contribution in [2.75, 3.05) is 0 Å². The standard InChI is InChI=1S/C27H25F3N2O2/c1-17(27(28,29)30)34-20-12-8-18(9-13-20)10-15-25-31-23-14-11-19(16-24(23)32-25)21-6-4-5-7-22(21)26(2,3)33/h4-17,33H,1-3H3,(H,31,32)/b15-10+. The molecule has 0 bridgehead atoms. The Morgan fingerprint density at radius 2 is 1.68 bits per heavy atom. The number of hydrogen-bond acceptors (Lipinski definition) is 3. The molecule has 0 fully saturated rings. The molecule has 0 aliphatic rings. The van der Waals surface area contributed by atoms with E-state index in [1.54, 1.807) is 32.1 Å². The number of nitrogens with zero attached hydrogens (tertiary/aromatic N) is 1. The number of nitrogens with one attached hydrogen (secondary N) is 1. The summed E-state index contributed by atoms with van der Waals surface area (Å²) in [7, 11) is 0. The lowest BCUT2D eigenvalue weighted by molar-refractivity contribution is -0.189. The molecule has 176 valence electrons.